The number of carbonyl (C=O) groups excluding carboxylic acids is 3. The van der Waals surface area contributed by atoms with Crippen molar-refractivity contribution >= 4 is 68.8 Å². The van der Waals surface area contributed by atoms with Gasteiger partial charge in [0, 0.05) is 16.8 Å². The molecule has 4 rings (SSSR count). The monoisotopic (exact) mass is 540 g/mol. The van der Waals surface area contributed by atoms with E-state index in [1.807, 2.05) is 30.5 Å². The third-order valence-corrected chi connectivity index (χ3v) is 6.61. The van der Waals surface area contributed by atoms with Gasteiger partial charge in [0.15, 0.2) is 6.61 Å². The Morgan fingerprint density at radius 3 is 2.54 bits per heavy atom. The van der Waals surface area contributed by atoms with Crippen LogP contribution in [-0.4, -0.2) is 49.6 Å². The molecule has 192 valence electrons. The quantitative estimate of drug-likeness (QED) is 0.263. The molecule has 1 aromatic heterocycles. The number of methoxy groups -OCH3 is 1. The number of amides is 2. The highest BCUT2D eigenvalue weighted by atomic mass is 35.5. The predicted molar refractivity (Wildman–Crippen MR) is 146 cm³/mol. The van der Waals surface area contributed by atoms with E-state index in [9.17, 15) is 14.4 Å². The number of furan rings is 1. The lowest BCUT2D eigenvalue weighted by atomic mass is 10.1. The second-order valence-electron chi connectivity index (χ2n) is 8.09. The molecule has 0 fully saturated rings. The molecule has 3 aromatic carbocycles. The average molecular weight is 541 g/mol. The molecule has 0 saturated carbocycles. The van der Waals surface area contributed by atoms with Gasteiger partial charge in [0.25, 0.3) is 11.8 Å². The SMILES string of the molecule is COc1cc2c(cc1NC(=O)COC(=O)[C@@H](CCSC)NC(=O)c1ccccc1Cl)oc1ccccc12. The van der Waals surface area contributed by atoms with Gasteiger partial charge in [-0.15, -0.1) is 0 Å². The van der Waals surface area contributed by atoms with E-state index in [1.54, 1.807) is 36.4 Å². The molecule has 4 aromatic rings. The van der Waals surface area contributed by atoms with Gasteiger partial charge in [-0.25, -0.2) is 4.79 Å². The predicted octanol–water partition coefficient (Wildman–Crippen LogP) is 5.28. The van der Waals surface area contributed by atoms with Crippen LogP contribution in [0.3, 0.4) is 0 Å². The minimum Gasteiger partial charge on any atom is -0.495 e. The molecule has 0 aliphatic carbocycles. The summed E-state index contributed by atoms with van der Waals surface area (Å²) >= 11 is 7.62. The maximum Gasteiger partial charge on any atom is 0.329 e. The second kappa shape index (κ2) is 12.0. The highest BCUT2D eigenvalue weighted by molar-refractivity contribution is 7.98. The third-order valence-electron chi connectivity index (χ3n) is 5.64. The maximum atomic E-state index is 12.8. The zero-order valence-electron chi connectivity index (χ0n) is 20.2. The summed E-state index contributed by atoms with van der Waals surface area (Å²) in [6, 6.07) is 16.6. The summed E-state index contributed by atoms with van der Waals surface area (Å²) in [4.78, 5) is 38.0. The number of para-hydroxylation sites is 1. The summed E-state index contributed by atoms with van der Waals surface area (Å²) in [6.07, 6.45) is 2.21. The molecule has 0 aliphatic rings. The number of nitrogens with one attached hydrogen (secondary N) is 2. The molecule has 2 N–H and O–H groups in total. The van der Waals surface area contributed by atoms with Crippen LogP contribution >= 0.6 is 23.4 Å². The molecule has 1 atom stereocenters. The van der Waals surface area contributed by atoms with Crippen LogP contribution in [0.5, 0.6) is 5.75 Å². The highest BCUT2D eigenvalue weighted by Crippen LogP contribution is 2.36. The fourth-order valence-electron chi connectivity index (χ4n) is 3.81. The number of esters is 1. The van der Waals surface area contributed by atoms with E-state index < -0.39 is 30.4 Å². The van der Waals surface area contributed by atoms with E-state index in [0.29, 0.717) is 34.8 Å². The number of anilines is 1. The van der Waals surface area contributed by atoms with Gasteiger partial charge >= 0.3 is 5.97 Å². The van der Waals surface area contributed by atoms with Crippen molar-refractivity contribution in [1.82, 2.24) is 5.32 Å². The first kappa shape index (κ1) is 26.4. The molecular weight excluding hydrogens is 516 g/mol. The molecule has 0 saturated heterocycles. The van der Waals surface area contributed by atoms with Gasteiger partial charge in [0.2, 0.25) is 0 Å². The number of carbonyl (C=O) groups is 3. The Balaban J connectivity index is 1.42. The maximum absolute atomic E-state index is 12.8. The molecule has 8 nitrogen and oxygen atoms in total. The molecule has 0 radical (unpaired) electrons. The Hall–Kier alpha value is -3.69. The van der Waals surface area contributed by atoms with Crippen molar-refractivity contribution in [2.45, 2.75) is 12.5 Å². The van der Waals surface area contributed by atoms with Crippen molar-refractivity contribution in [2.75, 3.05) is 31.0 Å². The topological polar surface area (TPSA) is 107 Å². The number of rotatable bonds is 10. The summed E-state index contributed by atoms with van der Waals surface area (Å²) < 4.78 is 16.6. The Labute approximate surface area is 222 Å². The van der Waals surface area contributed by atoms with E-state index >= 15 is 0 Å². The van der Waals surface area contributed by atoms with E-state index in [-0.39, 0.29) is 10.6 Å². The number of fused-ring (bicyclic) bond motifs is 3. The number of benzene rings is 3. The summed E-state index contributed by atoms with van der Waals surface area (Å²) in [5.41, 5.74) is 1.92. The summed E-state index contributed by atoms with van der Waals surface area (Å²) in [7, 11) is 1.50. The summed E-state index contributed by atoms with van der Waals surface area (Å²) in [5, 5.41) is 7.41. The van der Waals surface area contributed by atoms with Crippen LogP contribution in [0.1, 0.15) is 16.8 Å². The fraction of sp³-hybridized carbons (Fsp3) is 0.222. The first-order valence-electron chi connectivity index (χ1n) is 11.4. The van der Waals surface area contributed by atoms with E-state index in [2.05, 4.69) is 10.6 Å². The van der Waals surface area contributed by atoms with Crippen LogP contribution in [0.15, 0.2) is 65.1 Å². The Morgan fingerprint density at radius 2 is 1.78 bits per heavy atom. The van der Waals surface area contributed by atoms with E-state index in [1.165, 1.54) is 18.9 Å². The van der Waals surface area contributed by atoms with Gasteiger partial charge < -0.3 is 24.5 Å². The minimum absolute atomic E-state index is 0.247. The van der Waals surface area contributed by atoms with Gasteiger partial charge in [0.1, 0.15) is 23.0 Å². The Kier molecular flexibility index (Phi) is 8.58. The first-order chi connectivity index (χ1) is 17.9. The normalized spacial score (nSPS) is 11.8. The van der Waals surface area contributed by atoms with Crippen molar-refractivity contribution in [3.05, 3.63) is 71.2 Å². The van der Waals surface area contributed by atoms with Crippen molar-refractivity contribution < 1.29 is 28.3 Å². The number of thioether (sulfide) groups is 1. The van der Waals surface area contributed by atoms with Gasteiger partial charge in [-0.05, 0) is 42.7 Å². The van der Waals surface area contributed by atoms with Crippen LogP contribution in [-0.2, 0) is 14.3 Å². The first-order valence-corrected chi connectivity index (χ1v) is 13.2. The highest BCUT2D eigenvalue weighted by Gasteiger charge is 2.24. The van der Waals surface area contributed by atoms with E-state index in [0.717, 1.165) is 10.8 Å². The molecule has 0 unspecified atom stereocenters. The second-order valence-corrected chi connectivity index (χ2v) is 9.48. The third kappa shape index (κ3) is 6.18. The molecule has 37 heavy (non-hydrogen) atoms. The average Bonchev–Trinajstić information content (AvgIpc) is 3.26. The molecular formula is C27H25ClN2O6S. The van der Waals surface area contributed by atoms with Crippen LogP contribution in [0.2, 0.25) is 5.02 Å². The number of ether oxygens (including phenoxy) is 2. The molecule has 2 amide bonds. The smallest absolute Gasteiger partial charge is 0.329 e. The van der Waals surface area contributed by atoms with Crippen LogP contribution in [0.4, 0.5) is 5.69 Å². The largest absolute Gasteiger partial charge is 0.495 e. The number of halogens is 1. The van der Waals surface area contributed by atoms with E-state index in [4.69, 9.17) is 25.5 Å². The Morgan fingerprint density at radius 1 is 1.03 bits per heavy atom. The molecule has 1 heterocycles. The summed E-state index contributed by atoms with van der Waals surface area (Å²) in [5.74, 6) is -0.748. The van der Waals surface area contributed by atoms with Gasteiger partial charge in [-0.1, -0.05) is 41.9 Å². The van der Waals surface area contributed by atoms with Crippen LogP contribution in [0, 0.1) is 0 Å². The van der Waals surface area contributed by atoms with Crippen LogP contribution in [0.25, 0.3) is 21.9 Å². The van der Waals surface area contributed by atoms with Gasteiger partial charge in [-0.2, -0.15) is 11.8 Å². The molecule has 0 aliphatic heterocycles. The lowest BCUT2D eigenvalue weighted by Crippen LogP contribution is -2.43. The fourth-order valence-corrected chi connectivity index (χ4v) is 4.50. The number of hydrogen-bond acceptors (Lipinski definition) is 7. The standard InChI is InChI=1S/C27H25ClN2O6S/c1-34-24-13-18-16-7-4-6-10-22(16)36-23(18)14-21(24)29-25(31)15-35-27(33)20(11-12-37-2)30-26(32)17-8-3-5-9-19(17)28/h3-10,13-14,20H,11-12,15H2,1-2H3,(H,29,31)(H,30,32)/t20-/m1/s1. The number of hydrogen-bond donors (Lipinski definition) is 2. The zero-order chi connectivity index (χ0) is 26.4. The zero-order valence-corrected chi connectivity index (χ0v) is 21.8. The summed E-state index contributed by atoms with van der Waals surface area (Å²) in [6.45, 7) is -0.544. The minimum atomic E-state index is -0.939. The molecule has 0 bridgehead atoms. The van der Waals surface area contributed by atoms with Crippen molar-refractivity contribution in [3.8, 4) is 5.75 Å². The lowest BCUT2D eigenvalue weighted by molar-refractivity contribution is -0.149. The Bertz CT molecular complexity index is 1450. The van der Waals surface area contributed by atoms with Crippen LogP contribution < -0.4 is 15.4 Å². The van der Waals surface area contributed by atoms with Crippen molar-refractivity contribution in [3.63, 3.8) is 0 Å². The van der Waals surface area contributed by atoms with Gasteiger partial charge in [-0.3, -0.25) is 9.59 Å². The van der Waals surface area contributed by atoms with Crippen molar-refractivity contribution in [1.29, 1.82) is 0 Å². The van der Waals surface area contributed by atoms with Crippen molar-refractivity contribution in [2.24, 2.45) is 0 Å². The molecule has 0 spiro atoms. The van der Waals surface area contributed by atoms with Gasteiger partial charge in [0.05, 0.1) is 23.4 Å². The lowest BCUT2D eigenvalue weighted by Gasteiger charge is -2.18. The molecule has 10 heteroatoms.